The number of nitrogens with zero attached hydrogens (tertiary/aromatic N) is 1. The van der Waals surface area contributed by atoms with Crippen molar-refractivity contribution in [2.24, 2.45) is 5.14 Å². The fourth-order valence-corrected chi connectivity index (χ4v) is 3.15. The summed E-state index contributed by atoms with van der Waals surface area (Å²) in [4.78, 5) is 12.3. The minimum Gasteiger partial charge on any atom is -0.321 e. The molecule has 2 rings (SSSR count). The van der Waals surface area contributed by atoms with Crippen LogP contribution in [0.1, 0.15) is 22.3 Å². The maximum Gasteiger partial charge on any atom is 0.266 e. The third kappa shape index (κ3) is 4.57. The van der Waals surface area contributed by atoms with Gasteiger partial charge in [-0.25, -0.2) is 13.6 Å². The van der Waals surface area contributed by atoms with Crippen LogP contribution in [0.4, 0.5) is 5.69 Å². The van der Waals surface area contributed by atoms with Crippen LogP contribution in [0, 0.1) is 32.1 Å². The standard InChI is InChI=1S/C19H19N3O3S/c1-12-8-13(2)18(14(3)9-12)10-15(11-20)19(23)22-16-4-6-17(7-5-16)26(21,24)25/h4-10H,1-3H3,(H,22,23)(H2,21,24,25)/b15-10+. The number of amides is 1. The zero-order chi connectivity index (χ0) is 19.5. The number of nitriles is 1. The van der Waals surface area contributed by atoms with E-state index in [-0.39, 0.29) is 10.5 Å². The van der Waals surface area contributed by atoms with E-state index in [0.29, 0.717) is 5.69 Å². The number of anilines is 1. The van der Waals surface area contributed by atoms with Gasteiger partial charge in [-0.3, -0.25) is 4.79 Å². The highest BCUT2D eigenvalue weighted by Crippen LogP contribution is 2.20. The molecule has 7 heteroatoms. The van der Waals surface area contributed by atoms with E-state index in [4.69, 9.17) is 5.14 Å². The molecule has 2 aromatic rings. The molecular formula is C19H19N3O3S. The molecule has 26 heavy (non-hydrogen) atoms. The first-order valence-electron chi connectivity index (χ1n) is 7.75. The lowest BCUT2D eigenvalue weighted by atomic mass is 9.98. The Morgan fingerprint density at radius 3 is 2.12 bits per heavy atom. The Labute approximate surface area is 153 Å². The lowest BCUT2D eigenvalue weighted by Crippen LogP contribution is -2.15. The van der Waals surface area contributed by atoms with Gasteiger partial charge in [0, 0.05) is 5.69 Å². The number of primary sulfonamides is 1. The predicted molar refractivity (Wildman–Crippen MR) is 101 cm³/mol. The van der Waals surface area contributed by atoms with Crippen molar-refractivity contribution in [1.29, 1.82) is 5.26 Å². The molecular weight excluding hydrogens is 350 g/mol. The Morgan fingerprint density at radius 1 is 1.12 bits per heavy atom. The average molecular weight is 369 g/mol. The number of nitrogens with one attached hydrogen (secondary N) is 1. The molecule has 0 saturated heterocycles. The van der Waals surface area contributed by atoms with Gasteiger partial charge in [-0.2, -0.15) is 5.26 Å². The molecule has 0 radical (unpaired) electrons. The fourth-order valence-electron chi connectivity index (χ4n) is 2.64. The van der Waals surface area contributed by atoms with Crippen molar-refractivity contribution in [3.05, 3.63) is 64.2 Å². The van der Waals surface area contributed by atoms with Gasteiger partial charge in [0.25, 0.3) is 5.91 Å². The van der Waals surface area contributed by atoms with Crippen LogP contribution in [-0.2, 0) is 14.8 Å². The number of aryl methyl sites for hydroxylation is 3. The summed E-state index contributed by atoms with van der Waals surface area (Å²) in [7, 11) is -3.80. The summed E-state index contributed by atoms with van der Waals surface area (Å²) in [6.45, 7) is 5.83. The number of benzene rings is 2. The van der Waals surface area contributed by atoms with Gasteiger partial charge in [-0.1, -0.05) is 17.7 Å². The molecule has 1 amide bonds. The molecule has 6 nitrogen and oxygen atoms in total. The van der Waals surface area contributed by atoms with Crippen LogP contribution in [0.2, 0.25) is 0 Å². The van der Waals surface area contributed by atoms with Crippen LogP contribution in [0.3, 0.4) is 0 Å². The largest absolute Gasteiger partial charge is 0.321 e. The zero-order valence-electron chi connectivity index (χ0n) is 14.7. The zero-order valence-corrected chi connectivity index (χ0v) is 15.5. The fraction of sp³-hybridized carbons (Fsp3) is 0.158. The Hall–Kier alpha value is -2.95. The summed E-state index contributed by atoms with van der Waals surface area (Å²) in [6.07, 6.45) is 1.55. The number of hydrogen-bond acceptors (Lipinski definition) is 4. The summed E-state index contributed by atoms with van der Waals surface area (Å²) in [6, 6.07) is 11.3. The lowest BCUT2D eigenvalue weighted by molar-refractivity contribution is -0.112. The minimum absolute atomic E-state index is 0.0458. The molecule has 0 spiro atoms. The van der Waals surface area contributed by atoms with Crippen molar-refractivity contribution >= 4 is 27.7 Å². The normalized spacial score (nSPS) is 11.7. The molecule has 2 aromatic carbocycles. The number of carbonyl (C=O) groups is 1. The van der Waals surface area contributed by atoms with E-state index in [1.165, 1.54) is 24.3 Å². The van der Waals surface area contributed by atoms with E-state index in [9.17, 15) is 18.5 Å². The Morgan fingerprint density at radius 2 is 1.65 bits per heavy atom. The van der Waals surface area contributed by atoms with Gasteiger partial charge < -0.3 is 5.32 Å². The van der Waals surface area contributed by atoms with Gasteiger partial charge in [0.1, 0.15) is 11.6 Å². The summed E-state index contributed by atoms with van der Waals surface area (Å²) in [5, 5.41) is 17.0. The van der Waals surface area contributed by atoms with Gasteiger partial charge in [0.05, 0.1) is 4.90 Å². The van der Waals surface area contributed by atoms with Gasteiger partial charge in [-0.05, 0) is 67.8 Å². The topological polar surface area (TPSA) is 113 Å². The molecule has 0 aliphatic rings. The Balaban J connectivity index is 2.29. The van der Waals surface area contributed by atoms with Crippen LogP contribution < -0.4 is 10.5 Å². The second-order valence-corrected chi connectivity index (χ2v) is 7.57. The van der Waals surface area contributed by atoms with Gasteiger partial charge >= 0.3 is 0 Å². The number of sulfonamides is 1. The molecule has 0 saturated carbocycles. The maximum absolute atomic E-state index is 12.4. The van der Waals surface area contributed by atoms with Crippen LogP contribution in [-0.4, -0.2) is 14.3 Å². The third-order valence-electron chi connectivity index (χ3n) is 3.83. The molecule has 0 aromatic heterocycles. The smallest absolute Gasteiger partial charge is 0.266 e. The van der Waals surface area contributed by atoms with Crippen LogP contribution in [0.25, 0.3) is 6.08 Å². The van der Waals surface area contributed by atoms with Crippen LogP contribution in [0.5, 0.6) is 0 Å². The van der Waals surface area contributed by atoms with E-state index in [2.05, 4.69) is 5.32 Å². The second-order valence-electron chi connectivity index (χ2n) is 6.01. The van der Waals surface area contributed by atoms with Crippen LogP contribution in [0.15, 0.2) is 46.9 Å². The predicted octanol–water partition coefficient (Wildman–Crippen LogP) is 2.80. The first kappa shape index (κ1) is 19.4. The third-order valence-corrected chi connectivity index (χ3v) is 4.76. The number of nitrogens with two attached hydrogens (primary N) is 1. The summed E-state index contributed by atoms with van der Waals surface area (Å²) in [5.74, 6) is -0.574. The highest BCUT2D eigenvalue weighted by atomic mass is 32.2. The van der Waals surface area contributed by atoms with Crippen molar-refractivity contribution < 1.29 is 13.2 Å². The lowest BCUT2D eigenvalue weighted by Gasteiger charge is -2.09. The SMILES string of the molecule is Cc1cc(C)c(/C=C(\C#N)C(=O)Nc2ccc(S(N)(=O)=O)cc2)c(C)c1. The summed E-state index contributed by atoms with van der Waals surface area (Å²) < 4.78 is 22.5. The van der Waals surface area contributed by atoms with E-state index in [1.54, 1.807) is 6.08 Å². The summed E-state index contributed by atoms with van der Waals surface area (Å²) >= 11 is 0. The molecule has 0 fully saturated rings. The molecule has 0 atom stereocenters. The molecule has 0 unspecified atom stereocenters. The van der Waals surface area contributed by atoms with E-state index < -0.39 is 15.9 Å². The van der Waals surface area contributed by atoms with Gasteiger partial charge in [0.2, 0.25) is 10.0 Å². The maximum atomic E-state index is 12.4. The summed E-state index contributed by atoms with van der Waals surface area (Å²) in [5.41, 5.74) is 4.19. The molecule has 0 aliphatic heterocycles. The molecule has 0 aliphatic carbocycles. The Bertz CT molecular complexity index is 1010. The van der Waals surface area contributed by atoms with Crippen molar-refractivity contribution in [3.8, 4) is 6.07 Å². The van der Waals surface area contributed by atoms with Gasteiger partial charge in [-0.15, -0.1) is 0 Å². The van der Waals surface area contributed by atoms with Crippen LogP contribution >= 0.6 is 0 Å². The van der Waals surface area contributed by atoms with Gasteiger partial charge in [0.15, 0.2) is 0 Å². The molecule has 0 bridgehead atoms. The quantitative estimate of drug-likeness (QED) is 0.637. The van der Waals surface area contributed by atoms with Crippen molar-refractivity contribution in [3.63, 3.8) is 0 Å². The first-order valence-corrected chi connectivity index (χ1v) is 9.30. The van der Waals surface area contributed by atoms with Crippen molar-refractivity contribution in [2.45, 2.75) is 25.7 Å². The van der Waals surface area contributed by atoms with E-state index in [1.807, 2.05) is 39.0 Å². The first-order chi connectivity index (χ1) is 12.1. The molecule has 0 heterocycles. The molecule has 134 valence electrons. The van der Waals surface area contributed by atoms with Crippen molar-refractivity contribution in [1.82, 2.24) is 0 Å². The number of hydrogen-bond donors (Lipinski definition) is 2. The monoisotopic (exact) mass is 369 g/mol. The second kappa shape index (κ2) is 7.52. The number of rotatable bonds is 4. The molecule has 3 N–H and O–H groups in total. The average Bonchev–Trinajstić information content (AvgIpc) is 2.53. The highest BCUT2D eigenvalue weighted by molar-refractivity contribution is 7.89. The highest BCUT2D eigenvalue weighted by Gasteiger charge is 2.13. The minimum atomic E-state index is -3.80. The van der Waals surface area contributed by atoms with E-state index >= 15 is 0 Å². The van der Waals surface area contributed by atoms with E-state index in [0.717, 1.165) is 22.3 Å². The Kier molecular flexibility index (Phi) is 5.60. The number of carbonyl (C=O) groups excluding carboxylic acids is 1. The van der Waals surface area contributed by atoms with Crippen molar-refractivity contribution in [2.75, 3.05) is 5.32 Å².